The van der Waals surface area contributed by atoms with Gasteiger partial charge < -0.3 is 14.0 Å². The Morgan fingerprint density at radius 2 is 1.85 bits per heavy atom. The number of alkyl halides is 1. The van der Waals surface area contributed by atoms with E-state index in [1.165, 1.54) is 13.2 Å². The number of rotatable bonds is 6. The van der Waals surface area contributed by atoms with Crippen LogP contribution in [0.2, 0.25) is 0 Å². The molecule has 0 aliphatic carbocycles. The topological polar surface area (TPSA) is 53.4 Å². The monoisotopic (exact) mass is 464 g/mol. The van der Waals surface area contributed by atoms with E-state index >= 15 is 0 Å². The maximum absolute atomic E-state index is 14.6. The molecule has 0 atom stereocenters. The van der Waals surface area contributed by atoms with Crippen molar-refractivity contribution in [2.75, 3.05) is 7.11 Å². The molecule has 5 nitrogen and oxygen atoms in total. The number of esters is 1. The number of hydrogen-bond acceptors (Lipinski definition) is 4. The molecule has 34 heavy (non-hydrogen) atoms. The van der Waals surface area contributed by atoms with Crippen LogP contribution in [0, 0.1) is 5.82 Å². The summed E-state index contributed by atoms with van der Waals surface area (Å²) >= 11 is 0. The SMILES string of the molecule is COc1ncccc1-c1c(C(=O)OC(C)(C)C)n(Cc2ccccc2F)c2ccc(CF)cc12. The highest BCUT2D eigenvalue weighted by Crippen LogP contribution is 2.40. The zero-order chi connectivity index (χ0) is 24.5. The van der Waals surface area contributed by atoms with Gasteiger partial charge in [0.2, 0.25) is 5.88 Å². The van der Waals surface area contributed by atoms with Gasteiger partial charge in [-0.15, -0.1) is 0 Å². The van der Waals surface area contributed by atoms with Gasteiger partial charge in [0.1, 0.15) is 23.8 Å². The predicted octanol–water partition coefficient (Wildman–Crippen LogP) is 6.32. The molecular formula is C27H26F2N2O3. The quantitative estimate of drug-likeness (QED) is 0.313. The van der Waals surface area contributed by atoms with Crippen molar-refractivity contribution in [3.05, 3.63) is 83.4 Å². The molecule has 0 unspecified atom stereocenters. The first-order valence-electron chi connectivity index (χ1n) is 10.9. The number of benzene rings is 2. The zero-order valence-electron chi connectivity index (χ0n) is 19.6. The second kappa shape index (κ2) is 9.25. The van der Waals surface area contributed by atoms with Crippen LogP contribution in [0.5, 0.6) is 5.88 Å². The van der Waals surface area contributed by atoms with E-state index in [9.17, 15) is 13.6 Å². The highest BCUT2D eigenvalue weighted by molar-refractivity contribution is 6.09. The summed E-state index contributed by atoms with van der Waals surface area (Å²) in [5.41, 5.74) is 2.01. The van der Waals surface area contributed by atoms with E-state index in [1.807, 2.05) is 0 Å². The third-order valence-electron chi connectivity index (χ3n) is 5.39. The molecule has 176 valence electrons. The maximum Gasteiger partial charge on any atom is 0.356 e. The lowest BCUT2D eigenvalue weighted by Gasteiger charge is -2.21. The number of aromatic nitrogens is 2. The lowest BCUT2D eigenvalue weighted by Crippen LogP contribution is -2.26. The highest BCUT2D eigenvalue weighted by Gasteiger charge is 2.30. The molecule has 2 aromatic heterocycles. The van der Waals surface area contributed by atoms with E-state index in [-0.39, 0.29) is 18.1 Å². The first-order valence-corrected chi connectivity index (χ1v) is 10.9. The van der Waals surface area contributed by atoms with E-state index in [4.69, 9.17) is 9.47 Å². The van der Waals surface area contributed by atoms with E-state index in [2.05, 4.69) is 4.98 Å². The molecule has 0 radical (unpaired) electrons. The van der Waals surface area contributed by atoms with Gasteiger partial charge in [0.05, 0.1) is 13.7 Å². The van der Waals surface area contributed by atoms with Crippen LogP contribution in [-0.2, 0) is 18.0 Å². The number of hydrogen-bond donors (Lipinski definition) is 0. The number of carbonyl (C=O) groups excluding carboxylic acids is 1. The third kappa shape index (κ3) is 4.51. The largest absolute Gasteiger partial charge is 0.481 e. The van der Waals surface area contributed by atoms with Gasteiger partial charge in [-0.25, -0.2) is 18.6 Å². The average molecular weight is 465 g/mol. The molecule has 0 aliphatic rings. The van der Waals surface area contributed by atoms with Crippen LogP contribution in [0.1, 0.15) is 42.4 Å². The summed E-state index contributed by atoms with van der Waals surface area (Å²) in [6.45, 7) is 4.75. The number of pyridine rings is 1. The standard InChI is InChI=1S/C27H26F2N2O3/c1-27(2,3)34-26(32)24-23(19-9-7-13-30-25(19)33-4)20-14-17(15-28)11-12-22(20)31(24)16-18-8-5-6-10-21(18)29/h5-14H,15-16H2,1-4H3. The van der Waals surface area contributed by atoms with Crippen molar-refractivity contribution in [3.8, 4) is 17.0 Å². The van der Waals surface area contributed by atoms with Gasteiger partial charge in [-0.1, -0.05) is 24.3 Å². The molecule has 2 heterocycles. The van der Waals surface area contributed by atoms with Gasteiger partial charge in [0.15, 0.2) is 0 Å². The van der Waals surface area contributed by atoms with Crippen molar-refractivity contribution in [3.63, 3.8) is 0 Å². The zero-order valence-corrected chi connectivity index (χ0v) is 19.6. The van der Waals surface area contributed by atoms with Crippen LogP contribution in [0.4, 0.5) is 8.78 Å². The smallest absolute Gasteiger partial charge is 0.356 e. The highest BCUT2D eigenvalue weighted by atomic mass is 19.1. The minimum absolute atomic E-state index is 0.0787. The van der Waals surface area contributed by atoms with Gasteiger partial charge in [0, 0.05) is 33.8 Å². The van der Waals surface area contributed by atoms with Crippen LogP contribution in [-0.4, -0.2) is 28.2 Å². The molecule has 0 N–H and O–H groups in total. The normalized spacial score (nSPS) is 11.6. The van der Waals surface area contributed by atoms with Crippen molar-refractivity contribution in [1.29, 1.82) is 0 Å². The maximum atomic E-state index is 14.6. The van der Waals surface area contributed by atoms with Gasteiger partial charge in [0.25, 0.3) is 0 Å². The van der Waals surface area contributed by atoms with Crippen molar-refractivity contribution >= 4 is 16.9 Å². The molecule has 0 spiro atoms. The number of carbonyl (C=O) groups is 1. The van der Waals surface area contributed by atoms with E-state index < -0.39 is 18.2 Å². The van der Waals surface area contributed by atoms with Crippen LogP contribution in [0.3, 0.4) is 0 Å². The Balaban J connectivity index is 2.09. The van der Waals surface area contributed by atoms with Crippen LogP contribution in [0.25, 0.3) is 22.0 Å². The number of ether oxygens (including phenoxy) is 2. The minimum Gasteiger partial charge on any atom is -0.481 e. The lowest BCUT2D eigenvalue weighted by atomic mass is 10.0. The van der Waals surface area contributed by atoms with Gasteiger partial charge in [-0.05, 0) is 56.7 Å². The summed E-state index contributed by atoms with van der Waals surface area (Å²) in [6.07, 6.45) is 1.58. The fourth-order valence-electron chi connectivity index (χ4n) is 4.00. The molecule has 0 aliphatic heterocycles. The number of fused-ring (bicyclic) bond motifs is 1. The Labute approximate surface area is 197 Å². The molecule has 0 fully saturated rings. The fourth-order valence-corrected chi connectivity index (χ4v) is 4.00. The van der Waals surface area contributed by atoms with Crippen molar-refractivity contribution in [2.45, 2.75) is 39.6 Å². The van der Waals surface area contributed by atoms with Gasteiger partial charge >= 0.3 is 5.97 Å². The molecule has 0 amide bonds. The Morgan fingerprint density at radius 3 is 2.53 bits per heavy atom. The number of halogens is 2. The second-order valence-electron chi connectivity index (χ2n) is 8.95. The number of methoxy groups -OCH3 is 1. The minimum atomic E-state index is -0.767. The molecule has 0 bridgehead atoms. The van der Waals surface area contributed by atoms with E-state index in [0.29, 0.717) is 39.0 Å². The van der Waals surface area contributed by atoms with E-state index in [0.717, 1.165) is 0 Å². The summed E-state index contributed by atoms with van der Waals surface area (Å²) in [6, 6.07) is 15.0. The van der Waals surface area contributed by atoms with Gasteiger partial charge in [-0.3, -0.25) is 0 Å². The first kappa shape index (κ1) is 23.4. The molecule has 4 aromatic rings. The summed E-state index contributed by atoms with van der Waals surface area (Å²) < 4.78 is 41.2. The first-order chi connectivity index (χ1) is 16.2. The van der Waals surface area contributed by atoms with Gasteiger partial charge in [-0.2, -0.15) is 0 Å². The summed E-state index contributed by atoms with van der Waals surface area (Å²) in [5, 5.41) is 0.624. The molecular weight excluding hydrogens is 438 g/mol. The molecule has 0 saturated heterocycles. The molecule has 0 saturated carbocycles. The summed E-state index contributed by atoms with van der Waals surface area (Å²) in [5.74, 6) is -0.661. The van der Waals surface area contributed by atoms with E-state index in [1.54, 1.807) is 80.1 Å². The number of nitrogens with zero attached hydrogens (tertiary/aromatic N) is 2. The van der Waals surface area contributed by atoms with Crippen molar-refractivity contribution < 1.29 is 23.0 Å². The predicted molar refractivity (Wildman–Crippen MR) is 127 cm³/mol. The average Bonchev–Trinajstić information content (AvgIpc) is 3.12. The van der Waals surface area contributed by atoms with Crippen molar-refractivity contribution in [1.82, 2.24) is 9.55 Å². The third-order valence-corrected chi connectivity index (χ3v) is 5.39. The Morgan fingerprint density at radius 1 is 1.09 bits per heavy atom. The van der Waals surface area contributed by atoms with Crippen molar-refractivity contribution in [2.24, 2.45) is 0 Å². The Hall–Kier alpha value is -3.74. The fraction of sp³-hybridized carbons (Fsp3) is 0.259. The lowest BCUT2D eigenvalue weighted by molar-refractivity contribution is 0.00596. The van der Waals surface area contributed by atoms with Crippen LogP contribution < -0.4 is 4.74 Å². The van der Waals surface area contributed by atoms with Crippen LogP contribution >= 0.6 is 0 Å². The Kier molecular flexibility index (Phi) is 6.37. The molecule has 2 aromatic carbocycles. The summed E-state index contributed by atoms with van der Waals surface area (Å²) in [4.78, 5) is 17.9. The summed E-state index contributed by atoms with van der Waals surface area (Å²) in [7, 11) is 1.49. The molecule has 4 rings (SSSR count). The Bertz CT molecular complexity index is 1360. The molecule has 7 heteroatoms. The second-order valence-corrected chi connectivity index (χ2v) is 8.95. The van der Waals surface area contributed by atoms with Crippen LogP contribution in [0.15, 0.2) is 60.8 Å².